The van der Waals surface area contributed by atoms with Gasteiger partial charge >= 0.3 is 5.97 Å². The van der Waals surface area contributed by atoms with Crippen LogP contribution < -0.4 is 9.64 Å². The molecule has 5 nitrogen and oxygen atoms in total. The van der Waals surface area contributed by atoms with Crippen LogP contribution in [0.15, 0.2) is 18.2 Å². The van der Waals surface area contributed by atoms with E-state index in [0.717, 1.165) is 11.3 Å². The number of rotatable bonds is 6. The second-order valence-electron chi connectivity index (χ2n) is 5.73. The van der Waals surface area contributed by atoms with E-state index in [4.69, 9.17) is 9.84 Å². The van der Waals surface area contributed by atoms with E-state index in [1.165, 1.54) is 0 Å². The minimum absolute atomic E-state index is 0.0526. The molecule has 0 spiro atoms. The van der Waals surface area contributed by atoms with Crippen molar-refractivity contribution in [2.75, 3.05) is 11.4 Å². The Balaban J connectivity index is 2.37. The van der Waals surface area contributed by atoms with Gasteiger partial charge in [0.25, 0.3) is 5.91 Å². The average Bonchev–Trinajstić information content (AvgIpc) is 2.49. The zero-order valence-electron chi connectivity index (χ0n) is 13.4. The van der Waals surface area contributed by atoms with Gasteiger partial charge in [-0.1, -0.05) is 19.9 Å². The smallest absolute Gasteiger partial charge is 0.303 e. The van der Waals surface area contributed by atoms with Crippen LogP contribution in [0.3, 0.4) is 0 Å². The number of nitrogens with zero attached hydrogens (tertiary/aromatic N) is 1. The average molecular weight is 305 g/mol. The molecule has 2 rings (SSSR count). The number of fused-ring (bicyclic) bond motifs is 1. The van der Waals surface area contributed by atoms with Gasteiger partial charge in [0.05, 0.1) is 5.69 Å². The number of amides is 1. The molecule has 0 atom stereocenters. The summed E-state index contributed by atoms with van der Waals surface area (Å²) >= 11 is 0. The third-order valence-corrected chi connectivity index (χ3v) is 4.26. The van der Waals surface area contributed by atoms with Crippen LogP contribution in [0.2, 0.25) is 0 Å². The lowest BCUT2D eigenvalue weighted by Gasteiger charge is -2.42. The highest BCUT2D eigenvalue weighted by Crippen LogP contribution is 2.41. The Bertz CT molecular complexity index is 578. The molecule has 0 aromatic heterocycles. The maximum absolute atomic E-state index is 12.9. The van der Waals surface area contributed by atoms with Crippen LogP contribution in [-0.4, -0.2) is 29.1 Å². The van der Waals surface area contributed by atoms with Gasteiger partial charge in [-0.2, -0.15) is 0 Å². The van der Waals surface area contributed by atoms with Crippen molar-refractivity contribution in [2.24, 2.45) is 0 Å². The van der Waals surface area contributed by atoms with Gasteiger partial charge in [0.1, 0.15) is 5.75 Å². The lowest BCUT2D eigenvalue weighted by Crippen LogP contribution is -2.55. The number of aryl methyl sites for hydroxylation is 1. The molecule has 1 amide bonds. The highest BCUT2D eigenvalue weighted by molar-refractivity contribution is 6.03. The fourth-order valence-corrected chi connectivity index (χ4v) is 2.84. The molecule has 0 fully saturated rings. The van der Waals surface area contributed by atoms with Crippen LogP contribution in [0, 0.1) is 6.92 Å². The van der Waals surface area contributed by atoms with Gasteiger partial charge < -0.3 is 14.7 Å². The highest BCUT2D eigenvalue weighted by atomic mass is 16.5. The third-order valence-electron chi connectivity index (χ3n) is 4.26. The molecule has 0 unspecified atom stereocenters. The van der Waals surface area contributed by atoms with Crippen LogP contribution in [0.4, 0.5) is 5.69 Å². The van der Waals surface area contributed by atoms with E-state index in [0.29, 0.717) is 31.6 Å². The first-order chi connectivity index (χ1) is 10.4. The number of hydrogen-bond donors (Lipinski definition) is 1. The fourth-order valence-electron chi connectivity index (χ4n) is 2.84. The molecule has 1 heterocycles. The molecular weight excluding hydrogens is 282 g/mol. The van der Waals surface area contributed by atoms with Gasteiger partial charge in [0.15, 0.2) is 5.60 Å². The van der Waals surface area contributed by atoms with E-state index in [9.17, 15) is 9.59 Å². The summed E-state index contributed by atoms with van der Waals surface area (Å²) in [7, 11) is 0. The second-order valence-corrected chi connectivity index (χ2v) is 5.73. The number of carboxylic acid groups (broad SMARTS) is 1. The molecule has 1 aliphatic rings. The van der Waals surface area contributed by atoms with Crippen molar-refractivity contribution in [3.05, 3.63) is 23.8 Å². The van der Waals surface area contributed by atoms with Crippen molar-refractivity contribution in [3.63, 3.8) is 0 Å². The van der Waals surface area contributed by atoms with Crippen molar-refractivity contribution in [3.8, 4) is 5.75 Å². The Hall–Kier alpha value is -2.04. The summed E-state index contributed by atoms with van der Waals surface area (Å²) in [5, 5.41) is 8.82. The molecule has 0 aliphatic carbocycles. The van der Waals surface area contributed by atoms with Gasteiger partial charge in [-0.15, -0.1) is 0 Å². The van der Waals surface area contributed by atoms with Crippen LogP contribution in [0.5, 0.6) is 5.75 Å². The van der Waals surface area contributed by atoms with Gasteiger partial charge in [-0.25, -0.2) is 0 Å². The van der Waals surface area contributed by atoms with Gasteiger partial charge in [-0.3, -0.25) is 9.59 Å². The molecule has 0 saturated heterocycles. The number of hydrogen-bond acceptors (Lipinski definition) is 3. The number of carbonyl (C=O) groups is 2. The summed E-state index contributed by atoms with van der Waals surface area (Å²) in [6, 6.07) is 5.77. The van der Waals surface area contributed by atoms with Crippen molar-refractivity contribution in [1.82, 2.24) is 0 Å². The molecule has 0 bridgehead atoms. The molecule has 0 saturated carbocycles. The Morgan fingerprint density at radius 2 is 2.00 bits per heavy atom. The van der Waals surface area contributed by atoms with Crippen molar-refractivity contribution < 1.29 is 19.4 Å². The normalized spacial score (nSPS) is 16.1. The zero-order valence-corrected chi connectivity index (χ0v) is 13.4. The zero-order chi connectivity index (χ0) is 16.3. The maximum atomic E-state index is 12.9. The molecule has 1 aliphatic heterocycles. The van der Waals surface area contributed by atoms with Crippen LogP contribution in [-0.2, 0) is 9.59 Å². The molecule has 22 heavy (non-hydrogen) atoms. The van der Waals surface area contributed by atoms with E-state index >= 15 is 0 Å². The molecule has 1 aromatic rings. The van der Waals surface area contributed by atoms with Gasteiger partial charge in [-0.05, 0) is 43.9 Å². The Morgan fingerprint density at radius 3 is 2.59 bits per heavy atom. The summed E-state index contributed by atoms with van der Waals surface area (Å²) in [4.78, 5) is 25.3. The van der Waals surface area contributed by atoms with Crippen LogP contribution in [0.1, 0.15) is 45.1 Å². The van der Waals surface area contributed by atoms with E-state index in [-0.39, 0.29) is 12.3 Å². The first-order valence-electron chi connectivity index (χ1n) is 7.77. The number of benzene rings is 1. The number of ether oxygens (including phenoxy) is 1. The summed E-state index contributed by atoms with van der Waals surface area (Å²) < 4.78 is 6.04. The first-order valence-corrected chi connectivity index (χ1v) is 7.77. The molecular formula is C17H23NO4. The summed E-state index contributed by atoms with van der Waals surface area (Å²) in [6.07, 6.45) is 1.66. The quantitative estimate of drug-likeness (QED) is 0.876. The standard InChI is InChI=1S/C17H23NO4/c1-4-17(5-2)16(21)18(10-6-7-15(19)20)13-11-12(3)8-9-14(13)22-17/h8-9,11H,4-7,10H2,1-3H3,(H,19,20). The Kier molecular flexibility index (Phi) is 4.74. The predicted octanol–water partition coefficient (Wildman–Crippen LogP) is 3.14. The van der Waals surface area contributed by atoms with Crippen molar-refractivity contribution >= 4 is 17.6 Å². The molecule has 0 radical (unpaired) electrons. The van der Waals surface area contributed by atoms with Gasteiger partial charge in [0, 0.05) is 13.0 Å². The Morgan fingerprint density at radius 1 is 1.32 bits per heavy atom. The summed E-state index contributed by atoms with van der Waals surface area (Å²) in [5.74, 6) is -0.215. The number of carbonyl (C=O) groups excluding carboxylic acids is 1. The van der Waals surface area contributed by atoms with Gasteiger partial charge in [0.2, 0.25) is 0 Å². The third kappa shape index (κ3) is 2.93. The molecule has 1 N–H and O–H groups in total. The van der Waals surface area contributed by atoms with E-state index in [1.54, 1.807) is 4.90 Å². The SMILES string of the molecule is CCC1(CC)Oc2ccc(C)cc2N(CCCC(=O)O)C1=O. The number of aliphatic carboxylic acids is 1. The summed E-state index contributed by atoms with van der Waals surface area (Å²) in [6.45, 7) is 6.24. The predicted molar refractivity (Wildman–Crippen MR) is 84.3 cm³/mol. The van der Waals surface area contributed by atoms with Crippen molar-refractivity contribution in [1.29, 1.82) is 0 Å². The second kappa shape index (κ2) is 6.38. The fraction of sp³-hybridized carbons (Fsp3) is 0.529. The topological polar surface area (TPSA) is 66.8 Å². The van der Waals surface area contributed by atoms with E-state index in [2.05, 4.69) is 0 Å². The maximum Gasteiger partial charge on any atom is 0.303 e. The van der Waals surface area contributed by atoms with Crippen molar-refractivity contribution in [2.45, 2.75) is 52.1 Å². The minimum atomic E-state index is -0.845. The minimum Gasteiger partial charge on any atom is -0.481 e. The molecule has 5 heteroatoms. The molecule has 120 valence electrons. The van der Waals surface area contributed by atoms with Crippen LogP contribution >= 0.6 is 0 Å². The monoisotopic (exact) mass is 305 g/mol. The summed E-state index contributed by atoms with van der Waals surface area (Å²) in [5.41, 5.74) is 0.942. The highest BCUT2D eigenvalue weighted by Gasteiger charge is 2.45. The Labute approximate surface area is 130 Å². The molecule has 1 aromatic carbocycles. The lowest BCUT2D eigenvalue weighted by molar-refractivity contribution is -0.138. The number of carboxylic acids is 1. The largest absolute Gasteiger partial charge is 0.481 e. The number of anilines is 1. The first kappa shape index (κ1) is 16.3. The van der Waals surface area contributed by atoms with E-state index in [1.807, 2.05) is 39.0 Å². The van der Waals surface area contributed by atoms with E-state index < -0.39 is 11.6 Å². The lowest BCUT2D eigenvalue weighted by atomic mass is 9.92. The van der Waals surface area contributed by atoms with Crippen LogP contribution in [0.25, 0.3) is 0 Å².